The van der Waals surface area contributed by atoms with Gasteiger partial charge in [0.15, 0.2) is 0 Å². The van der Waals surface area contributed by atoms with E-state index in [1.807, 2.05) is 13.8 Å². The Morgan fingerprint density at radius 3 is 2.34 bits per heavy atom. The monoisotopic (exact) mass is 456 g/mol. The molecule has 6 nitrogen and oxygen atoms in total. The first-order valence-corrected chi connectivity index (χ1v) is 11.6. The molecule has 1 amide bonds. The number of para-hydroxylation sites is 2. The van der Waals surface area contributed by atoms with E-state index in [0.717, 1.165) is 9.87 Å². The molecule has 0 radical (unpaired) electrons. The SMILES string of the molecule is CCOc1ccccc1NC(=O)CN(Cc1ccccc1F)S(=O)(=O)c1ccc(C)cc1. The van der Waals surface area contributed by atoms with Crippen LogP contribution in [-0.2, 0) is 21.4 Å². The Kier molecular flexibility index (Phi) is 7.61. The molecular formula is C24H25FN2O4S. The van der Waals surface area contributed by atoms with Crippen LogP contribution in [0.3, 0.4) is 0 Å². The summed E-state index contributed by atoms with van der Waals surface area (Å²) in [6, 6.07) is 19.1. The number of rotatable bonds is 9. The largest absolute Gasteiger partial charge is 0.492 e. The van der Waals surface area contributed by atoms with E-state index in [1.54, 1.807) is 42.5 Å². The zero-order chi connectivity index (χ0) is 23.1. The first-order chi connectivity index (χ1) is 15.3. The van der Waals surface area contributed by atoms with Crippen LogP contribution < -0.4 is 10.1 Å². The van der Waals surface area contributed by atoms with Gasteiger partial charge in [-0.25, -0.2) is 12.8 Å². The number of aryl methyl sites for hydroxylation is 1. The number of benzene rings is 3. The van der Waals surface area contributed by atoms with Gasteiger partial charge in [0.25, 0.3) is 0 Å². The molecule has 168 valence electrons. The smallest absolute Gasteiger partial charge is 0.243 e. The molecule has 0 aliphatic heterocycles. The highest BCUT2D eigenvalue weighted by Gasteiger charge is 2.28. The van der Waals surface area contributed by atoms with Crippen molar-refractivity contribution in [3.05, 3.63) is 89.7 Å². The number of amides is 1. The minimum atomic E-state index is -4.07. The van der Waals surface area contributed by atoms with Crippen LogP contribution in [0, 0.1) is 12.7 Å². The Hall–Kier alpha value is -3.23. The van der Waals surface area contributed by atoms with Crippen molar-refractivity contribution in [2.24, 2.45) is 0 Å². The van der Waals surface area contributed by atoms with E-state index >= 15 is 0 Å². The number of carbonyl (C=O) groups is 1. The van der Waals surface area contributed by atoms with Gasteiger partial charge in [-0.3, -0.25) is 4.79 Å². The molecule has 0 aliphatic carbocycles. The van der Waals surface area contributed by atoms with Gasteiger partial charge in [-0.15, -0.1) is 0 Å². The molecule has 3 aromatic carbocycles. The van der Waals surface area contributed by atoms with Crippen molar-refractivity contribution in [1.82, 2.24) is 4.31 Å². The predicted octanol–water partition coefficient (Wildman–Crippen LogP) is 4.36. The molecule has 0 bridgehead atoms. The van der Waals surface area contributed by atoms with Crippen molar-refractivity contribution in [1.29, 1.82) is 0 Å². The third kappa shape index (κ3) is 5.72. The van der Waals surface area contributed by atoms with Crippen LogP contribution in [0.4, 0.5) is 10.1 Å². The second-order valence-electron chi connectivity index (χ2n) is 7.15. The van der Waals surface area contributed by atoms with E-state index in [-0.39, 0.29) is 17.0 Å². The van der Waals surface area contributed by atoms with Gasteiger partial charge in [0.1, 0.15) is 11.6 Å². The first-order valence-electron chi connectivity index (χ1n) is 10.1. The number of carbonyl (C=O) groups excluding carboxylic acids is 1. The summed E-state index contributed by atoms with van der Waals surface area (Å²) < 4.78 is 47.4. The second kappa shape index (κ2) is 10.4. The average Bonchev–Trinajstić information content (AvgIpc) is 2.76. The second-order valence-corrected chi connectivity index (χ2v) is 9.09. The summed E-state index contributed by atoms with van der Waals surface area (Å²) in [5.41, 5.74) is 1.50. The van der Waals surface area contributed by atoms with E-state index in [1.165, 1.54) is 30.3 Å². The number of hydrogen-bond acceptors (Lipinski definition) is 4. The molecule has 0 saturated heterocycles. The number of hydrogen-bond donors (Lipinski definition) is 1. The highest BCUT2D eigenvalue weighted by molar-refractivity contribution is 7.89. The fourth-order valence-electron chi connectivity index (χ4n) is 3.10. The highest BCUT2D eigenvalue weighted by atomic mass is 32.2. The fourth-order valence-corrected chi connectivity index (χ4v) is 4.48. The third-order valence-corrected chi connectivity index (χ3v) is 6.55. The number of anilines is 1. The van der Waals surface area contributed by atoms with Crippen LogP contribution in [0.5, 0.6) is 5.75 Å². The maximum atomic E-state index is 14.3. The average molecular weight is 457 g/mol. The molecule has 1 N–H and O–H groups in total. The zero-order valence-corrected chi connectivity index (χ0v) is 18.7. The Bertz CT molecular complexity index is 1180. The quantitative estimate of drug-likeness (QED) is 0.519. The summed E-state index contributed by atoms with van der Waals surface area (Å²) in [6.07, 6.45) is 0. The Labute approximate surface area is 187 Å². The molecule has 0 heterocycles. The Balaban J connectivity index is 1.89. The zero-order valence-electron chi connectivity index (χ0n) is 17.9. The van der Waals surface area contributed by atoms with Crippen molar-refractivity contribution in [3.63, 3.8) is 0 Å². The van der Waals surface area contributed by atoms with Gasteiger partial charge in [0.05, 0.1) is 23.7 Å². The molecule has 0 fully saturated rings. The van der Waals surface area contributed by atoms with Crippen LogP contribution >= 0.6 is 0 Å². The molecule has 0 aliphatic rings. The third-order valence-electron chi connectivity index (χ3n) is 4.74. The summed E-state index contributed by atoms with van der Waals surface area (Å²) in [7, 11) is -4.07. The molecule has 0 saturated carbocycles. The van der Waals surface area contributed by atoms with Gasteiger partial charge >= 0.3 is 0 Å². The van der Waals surface area contributed by atoms with Crippen molar-refractivity contribution in [3.8, 4) is 5.75 Å². The summed E-state index contributed by atoms with van der Waals surface area (Å²) >= 11 is 0. The van der Waals surface area contributed by atoms with Crippen LogP contribution in [-0.4, -0.2) is 31.8 Å². The molecular weight excluding hydrogens is 431 g/mol. The fraction of sp³-hybridized carbons (Fsp3) is 0.208. The van der Waals surface area contributed by atoms with E-state index in [0.29, 0.717) is 18.0 Å². The summed E-state index contributed by atoms with van der Waals surface area (Å²) in [5, 5.41) is 2.70. The maximum Gasteiger partial charge on any atom is 0.243 e. The number of nitrogens with one attached hydrogen (secondary N) is 1. The van der Waals surface area contributed by atoms with Crippen molar-refractivity contribution < 1.29 is 22.3 Å². The lowest BCUT2D eigenvalue weighted by atomic mass is 10.2. The van der Waals surface area contributed by atoms with Gasteiger partial charge in [-0.05, 0) is 44.2 Å². The van der Waals surface area contributed by atoms with Gasteiger partial charge in [-0.1, -0.05) is 48.0 Å². The standard InChI is InChI=1S/C24H25FN2O4S/c1-3-31-23-11-7-6-10-22(23)26-24(28)17-27(16-19-8-4-5-9-21(19)25)32(29,30)20-14-12-18(2)13-15-20/h4-15H,3,16-17H2,1-2H3,(H,26,28). The van der Waals surface area contributed by atoms with Crippen LogP contribution in [0.2, 0.25) is 0 Å². The topological polar surface area (TPSA) is 75.7 Å². The van der Waals surface area contributed by atoms with E-state index in [2.05, 4.69) is 5.32 Å². The van der Waals surface area contributed by atoms with E-state index in [9.17, 15) is 17.6 Å². The molecule has 3 rings (SSSR count). The minimum Gasteiger partial charge on any atom is -0.492 e. The van der Waals surface area contributed by atoms with Crippen LogP contribution in [0.1, 0.15) is 18.1 Å². The van der Waals surface area contributed by atoms with Crippen LogP contribution in [0.25, 0.3) is 0 Å². The van der Waals surface area contributed by atoms with Gasteiger partial charge in [0.2, 0.25) is 15.9 Å². The summed E-state index contributed by atoms with van der Waals surface area (Å²) in [4.78, 5) is 12.8. The summed E-state index contributed by atoms with van der Waals surface area (Å²) in [5.74, 6) is -0.631. The number of nitrogens with zero attached hydrogens (tertiary/aromatic N) is 1. The van der Waals surface area contributed by atoms with Gasteiger partial charge < -0.3 is 10.1 Å². The molecule has 3 aromatic rings. The minimum absolute atomic E-state index is 0.0296. The predicted molar refractivity (Wildman–Crippen MR) is 121 cm³/mol. The van der Waals surface area contributed by atoms with E-state index in [4.69, 9.17) is 4.74 Å². The van der Waals surface area contributed by atoms with Crippen LogP contribution in [0.15, 0.2) is 77.7 Å². The molecule has 8 heteroatoms. The Morgan fingerprint density at radius 2 is 1.66 bits per heavy atom. The highest BCUT2D eigenvalue weighted by Crippen LogP contribution is 2.25. The summed E-state index contributed by atoms with van der Waals surface area (Å²) in [6.45, 7) is 3.29. The molecule has 0 atom stereocenters. The number of sulfonamides is 1. The lowest BCUT2D eigenvalue weighted by molar-refractivity contribution is -0.116. The van der Waals surface area contributed by atoms with Gasteiger partial charge in [0, 0.05) is 12.1 Å². The maximum absolute atomic E-state index is 14.3. The normalized spacial score (nSPS) is 11.4. The van der Waals surface area contributed by atoms with Crippen molar-refractivity contribution in [2.45, 2.75) is 25.3 Å². The van der Waals surface area contributed by atoms with E-state index < -0.39 is 28.3 Å². The van der Waals surface area contributed by atoms with Crippen molar-refractivity contribution >= 4 is 21.6 Å². The van der Waals surface area contributed by atoms with Gasteiger partial charge in [-0.2, -0.15) is 4.31 Å². The molecule has 0 unspecified atom stereocenters. The lowest BCUT2D eigenvalue weighted by Crippen LogP contribution is -2.37. The Morgan fingerprint density at radius 1 is 1.00 bits per heavy atom. The lowest BCUT2D eigenvalue weighted by Gasteiger charge is -2.22. The van der Waals surface area contributed by atoms with Crippen molar-refractivity contribution in [2.75, 3.05) is 18.5 Å². The number of ether oxygens (including phenoxy) is 1. The molecule has 0 aromatic heterocycles. The molecule has 32 heavy (non-hydrogen) atoms. The number of halogens is 1. The first kappa shape index (κ1) is 23.4. The molecule has 0 spiro atoms.